The first-order valence-corrected chi connectivity index (χ1v) is 3.29. The number of rotatable bonds is 0. The number of thiocarbonyl (C=S) groups is 1. The van der Waals surface area contributed by atoms with Crippen LogP contribution in [0.5, 0.6) is 0 Å². The standard InChI is InChI=1S/C5H9FN2S/c6-4-1-2-8(3-4)5(7)9/h4H,1-3H2,(H2,7,9). The van der Waals surface area contributed by atoms with Crippen LogP contribution < -0.4 is 5.73 Å². The molecule has 0 bridgehead atoms. The Morgan fingerprint density at radius 2 is 2.44 bits per heavy atom. The van der Waals surface area contributed by atoms with E-state index in [1.165, 1.54) is 0 Å². The van der Waals surface area contributed by atoms with Crippen LogP contribution in [0.25, 0.3) is 0 Å². The van der Waals surface area contributed by atoms with Gasteiger partial charge in [0.25, 0.3) is 0 Å². The van der Waals surface area contributed by atoms with Gasteiger partial charge in [-0.3, -0.25) is 0 Å². The van der Waals surface area contributed by atoms with E-state index in [-0.39, 0.29) is 0 Å². The highest BCUT2D eigenvalue weighted by Gasteiger charge is 2.21. The Bertz CT molecular complexity index is 128. The first-order valence-electron chi connectivity index (χ1n) is 2.88. The third kappa shape index (κ3) is 1.51. The molecule has 0 aromatic heterocycles. The second kappa shape index (κ2) is 2.47. The third-order valence-corrected chi connectivity index (χ3v) is 1.70. The largest absolute Gasteiger partial charge is 0.376 e. The Kier molecular flexibility index (Phi) is 1.85. The molecule has 1 unspecified atom stereocenters. The highest BCUT2D eigenvalue weighted by atomic mass is 32.1. The van der Waals surface area contributed by atoms with Gasteiger partial charge < -0.3 is 10.6 Å². The lowest BCUT2D eigenvalue weighted by molar-refractivity contribution is 0.343. The van der Waals surface area contributed by atoms with Crippen molar-refractivity contribution in [2.24, 2.45) is 5.73 Å². The smallest absolute Gasteiger partial charge is 0.166 e. The predicted molar refractivity (Wildman–Crippen MR) is 37.9 cm³/mol. The maximum absolute atomic E-state index is 12.4. The lowest BCUT2D eigenvalue weighted by Gasteiger charge is -2.13. The van der Waals surface area contributed by atoms with Crippen LogP contribution in [0.2, 0.25) is 0 Å². The van der Waals surface area contributed by atoms with E-state index < -0.39 is 6.17 Å². The molecular formula is C5H9FN2S. The number of hydrogen-bond donors (Lipinski definition) is 1. The minimum absolute atomic E-state index is 0.315. The van der Waals surface area contributed by atoms with E-state index in [1.807, 2.05) is 0 Å². The van der Waals surface area contributed by atoms with Crippen molar-refractivity contribution in [2.75, 3.05) is 13.1 Å². The van der Waals surface area contributed by atoms with E-state index in [1.54, 1.807) is 4.90 Å². The van der Waals surface area contributed by atoms with Gasteiger partial charge >= 0.3 is 0 Å². The van der Waals surface area contributed by atoms with Crippen LogP contribution in [-0.2, 0) is 0 Å². The van der Waals surface area contributed by atoms with E-state index in [4.69, 9.17) is 5.73 Å². The molecule has 1 atom stereocenters. The number of halogens is 1. The lowest BCUT2D eigenvalue weighted by atomic mass is 10.3. The van der Waals surface area contributed by atoms with Gasteiger partial charge in [-0.15, -0.1) is 0 Å². The molecule has 0 aromatic carbocycles. The van der Waals surface area contributed by atoms with E-state index in [9.17, 15) is 4.39 Å². The van der Waals surface area contributed by atoms with Gasteiger partial charge in [-0.2, -0.15) is 0 Å². The maximum Gasteiger partial charge on any atom is 0.166 e. The van der Waals surface area contributed by atoms with E-state index >= 15 is 0 Å². The fourth-order valence-corrected chi connectivity index (χ4v) is 1.08. The third-order valence-electron chi connectivity index (χ3n) is 1.44. The number of alkyl halides is 1. The van der Waals surface area contributed by atoms with Crippen LogP contribution in [0.15, 0.2) is 0 Å². The minimum Gasteiger partial charge on any atom is -0.376 e. The molecule has 2 N–H and O–H groups in total. The molecule has 4 heteroatoms. The van der Waals surface area contributed by atoms with Crippen LogP contribution in [0.3, 0.4) is 0 Å². The monoisotopic (exact) mass is 148 g/mol. The number of hydrogen-bond acceptors (Lipinski definition) is 1. The average molecular weight is 148 g/mol. The zero-order valence-electron chi connectivity index (χ0n) is 5.01. The maximum atomic E-state index is 12.4. The molecule has 1 heterocycles. The average Bonchev–Trinajstić information content (AvgIpc) is 2.14. The van der Waals surface area contributed by atoms with Crippen molar-refractivity contribution < 1.29 is 4.39 Å². The summed E-state index contributed by atoms with van der Waals surface area (Å²) in [5.41, 5.74) is 5.25. The first-order chi connectivity index (χ1) is 4.20. The lowest BCUT2D eigenvalue weighted by Crippen LogP contribution is -2.33. The summed E-state index contributed by atoms with van der Waals surface area (Å²) < 4.78 is 12.4. The molecule has 1 rings (SSSR count). The SMILES string of the molecule is NC(=S)N1CCC(F)C1. The zero-order chi connectivity index (χ0) is 6.85. The summed E-state index contributed by atoms with van der Waals surface area (Å²) in [6.45, 7) is 1.06. The molecule has 0 saturated carbocycles. The van der Waals surface area contributed by atoms with Gasteiger partial charge in [-0.25, -0.2) is 4.39 Å². The van der Waals surface area contributed by atoms with Crippen LogP contribution in [0, 0.1) is 0 Å². The summed E-state index contributed by atoms with van der Waals surface area (Å²) in [4.78, 5) is 1.68. The van der Waals surface area contributed by atoms with Gasteiger partial charge in [0.2, 0.25) is 0 Å². The van der Waals surface area contributed by atoms with E-state index in [2.05, 4.69) is 12.2 Å². The Hall–Kier alpha value is -0.380. The number of nitrogens with two attached hydrogens (primary N) is 1. The van der Waals surface area contributed by atoms with Crippen LogP contribution in [-0.4, -0.2) is 29.3 Å². The summed E-state index contributed by atoms with van der Waals surface area (Å²) in [6, 6.07) is 0. The summed E-state index contributed by atoms with van der Waals surface area (Å²) in [5.74, 6) is 0. The zero-order valence-corrected chi connectivity index (χ0v) is 5.83. The van der Waals surface area contributed by atoms with Crippen molar-refractivity contribution in [2.45, 2.75) is 12.6 Å². The Balaban J connectivity index is 2.39. The Morgan fingerprint density at radius 3 is 2.67 bits per heavy atom. The quantitative estimate of drug-likeness (QED) is 0.500. The highest BCUT2D eigenvalue weighted by Crippen LogP contribution is 2.10. The van der Waals surface area contributed by atoms with Crippen molar-refractivity contribution in [1.29, 1.82) is 0 Å². The molecule has 2 nitrogen and oxygen atoms in total. The molecule has 1 aliphatic rings. The predicted octanol–water partition coefficient (Wildman–Crippen LogP) is 0.274. The molecule has 9 heavy (non-hydrogen) atoms. The Labute approximate surface area is 58.8 Å². The van der Waals surface area contributed by atoms with Crippen molar-refractivity contribution in [1.82, 2.24) is 4.90 Å². The second-order valence-electron chi connectivity index (χ2n) is 2.17. The van der Waals surface area contributed by atoms with Gasteiger partial charge in [-0.05, 0) is 18.6 Å². The molecule has 0 aromatic rings. The molecule has 0 aliphatic carbocycles. The summed E-state index contributed by atoms with van der Waals surface area (Å²) in [5, 5.41) is 0.315. The summed E-state index contributed by atoms with van der Waals surface area (Å²) >= 11 is 4.65. The van der Waals surface area contributed by atoms with Crippen LogP contribution >= 0.6 is 12.2 Å². The first kappa shape index (κ1) is 6.74. The van der Waals surface area contributed by atoms with Gasteiger partial charge in [0.1, 0.15) is 6.17 Å². The number of likely N-dealkylation sites (tertiary alicyclic amines) is 1. The van der Waals surface area contributed by atoms with Crippen molar-refractivity contribution in [3.63, 3.8) is 0 Å². The van der Waals surface area contributed by atoms with E-state index in [0.29, 0.717) is 24.6 Å². The normalized spacial score (nSPS) is 26.8. The molecule has 1 aliphatic heterocycles. The number of nitrogens with zero attached hydrogens (tertiary/aromatic N) is 1. The van der Waals surface area contributed by atoms with Crippen LogP contribution in [0.1, 0.15) is 6.42 Å². The van der Waals surface area contributed by atoms with Crippen molar-refractivity contribution in [3.8, 4) is 0 Å². The molecule has 0 amide bonds. The highest BCUT2D eigenvalue weighted by molar-refractivity contribution is 7.80. The minimum atomic E-state index is -0.730. The fourth-order valence-electron chi connectivity index (χ4n) is 0.918. The molecule has 0 radical (unpaired) electrons. The van der Waals surface area contributed by atoms with Gasteiger partial charge in [-0.1, -0.05) is 0 Å². The van der Waals surface area contributed by atoms with Gasteiger partial charge in [0, 0.05) is 6.54 Å². The molecule has 52 valence electrons. The summed E-state index contributed by atoms with van der Waals surface area (Å²) in [6.07, 6.45) is -0.163. The van der Waals surface area contributed by atoms with Crippen LogP contribution in [0.4, 0.5) is 4.39 Å². The topological polar surface area (TPSA) is 29.3 Å². The second-order valence-corrected chi connectivity index (χ2v) is 2.59. The molecule has 1 fully saturated rings. The molecule has 0 spiro atoms. The van der Waals surface area contributed by atoms with Crippen molar-refractivity contribution in [3.05, 3.63) is 0 Å². The fraction of sp³-hybridized carbons (Fsp3) is 0.800. The molecular weight excluding hydrogens is 139 g/mol. The Morgan fingerprint density at radius 1 is 1.78 bits per heavy atom. The molecule has 1 saturated heterocycles. The summed E-state index contributed by atoms with van der Waals surface area (Å²) in [7, 11) is 0. The van der Waals surface area contributed by atoms with Crippen molar-refractivity contribution >= 4 is 17.3 Å². The van der Waals surface area contributed by atoms with E-state index in [0.717, 1.165) is 0 Å². The van der Waals surface area contributed by atoms with Gasteiger partial charge in [0.15, 0.2) is 5.11 Å². The van der Waals surface area contributed by atoms with Gasteiger partial charge in [0.05, 0.1) is 6.54 Å².